The van der Waals surface area contributed by atoms with E-state index >= 15 is 0 Å². The number of alkyl halides is 2. The molecule has 0 bridgehead atoms. The summed E-state index contributed by atoms with van der Waals surface area (Å²) in [6.45, 7) is 7.14. The highest BCUT2D eigenvalue weighted by atomic mass is 35.5. The molecular weight excluding hydrogens is 448 g/mol. The van der Waals surface area contributed by atoms with Crippen LogP contribution in [-0.2, 0) is 0 Å². The normalized spacial score (nSPS) is 12.5. The van der Waals surface area contributed by atoms with Gasteiger partial charge in [0.15, 0.2) is 11.5 Å². The molecule has 0 fully saturated rings. The third-order valence-corrected chi connectivity index (χ3v) is 5.07. The Morgan fingerprint density at radius 3 is 1.68 bits per heavy atom. The van der Waals surface area contributed by atoms with Crippen molar-refractivity contribution in [3.63, 3.8) is 0 Å². The first-order chi connectivity index (χ1) is 14.0. The van der Waals surface area contributed by atoms with Gasteiger partial charge in [0.1, 0.15) is 5.82 Å². The zero-order chi connectivity index (χ0) is 22.5. The molecule has 1 aliphatic heterocycles. The minimum Gasteiger partial charge on any atom is -0.395 e. The van der Waals surface area contributed by atoms with E-state index in [1.165, 1.54) is 6.07 Å². The number of aryl methyl sites for hydroxylation is 4. The van der Waals surface area contributed by atoms with Crippen LogP contribution in [0.3, 0.4) is 0 Å². The summed E-state index contributed by atoms with van der Waals surface area (Å²) in [5, 5.41) is 1.27. The fraction of sp³-hybridized carbons (Fsp3) is 0.250. The Morgan fingerprint density at radius 1 is 0.710 bits per heavy atom. The number of rotatable bonds is 0. The summed E-state index contributed by atoms with van der Waals surface area (Å²) in [6.07, 6.45) is -3.51. The molecule has 0 radical (unpaired) electrons. The van der Waals surface area contributed by atoms with Crippen molar-refractivity contribution in [3.05, 3.63) is 92.7 Å². The number of ether oxygens (including phenoxy) is 2. The first-order valence-electron chi connectivity index (χ1n) is 8.99. The summed E-state index contributed by atoms with van der Waals surface area (Å²) in [5.41, 5.74) is 3.10. The second kappa shape index (κ2) is 11.3. The lowest BCUT2D eigenvalue weighted by atomic mass is 10.1. The maximum absolute atomic E-state index is 12.7. The van der Waals surface area contributed by atoms with Crippen LogP contribution in [0, 0.1) is 33.5 Å². The molecule has 4 rings (SSSR count). The Kier molecular flexibility index (Phi) is 9.72. The Balaban J connectivity index is 0.000000233. The van der Waals surface area contributed by atoms with E-state index in [0.29, 0.717) is 15.6 Å². The fourth-order valence-electron chi connectivity index (χ4n) is 2.51. The lowest BCUT2D eigenvalue weighted by Crippen LogP contribution is -2.26. The van der Waals surface area contributed by atoms with Gasteiger partial charge < -0.3 is 9.47 Å². The molecule has 0 aromatic heterocycles. The lowest BCUT2D eigenvalue weighted by molar-refractivity contribution is -0.286. The molecule has 3 aromatic carbocycles. The van der Waals surface area contributed by atoms with Crippen molar-refractivity contribution in [1.29, 1.82) is 0 Å². The highest BCUT2D eigenvalue weighted by molar-refractivity contribution is 6.42. The number of benzene rings is 3. The van der Waals surface area contributed by atoms with Crippen molar-refractivity contribution in [2.75, 3.05) is 0 Å². The standard InChI is InChI=1S/C8H6F2O2.C8H9F.C7H6Cl2.CH4/c1-5-3-2-4-6-7(5)12-8(9,10)11-6;1-6-4-3-5-7(2)8(6)9;1-5-3-2-4-6(8)7(5)9;/h2-4H,1H3;3-5H,1-2H3;2-4H,1H3;1H4. The van der Waals surface area contributed by atoms with Crippen LogP contribution >= 0.6 is 23.2 Å². The Hall–Kier alpha value is -2.37. The Labute approximate surface area is 191 Å². The van der Waals surface area contributed by atoms with E-state index in [9.17, 15) is 13.2 Å². The van der Waals surface area contributed by atoms with Crippen LogP contribution in [0.2, 0.25) is 10.0 Å². The van der Waals surface area contributed by atoms with E-state index in [0.717, 1.165) is 16.7 Å². The summed E-state index contributed by atoms with van der Waals surface area (Å²) in [5.74, 6) is 0.139. The Morgan fingerprint density at radius 2 is 1.19 bits per heavy atom. The van der Waals surface area contributed by atoms with E-state index in [1.54, 1.807) is 51.1 Å². The van der Waals surface area contributed by atoms with Crippen molar-refractivity contribution in [3.8, 4) is 11.5 Å². The average Bonchev–Trinajstić information content (AvgIpc) is 3.01. The summed E-state index contributed by atoms with van der Waals surface area (Å²) < 4.78 is 46.2. The third-order valence-electron chi connectivity index (χ3n) is 4.15. The second-order valence-corrected chi connectivity index (χ2v) is 7.43. The van der Waals surface area contributed by atoms with Crippen molar-refractivity contribution >= 4 is 23.2 Å². The second-order valence-electron chi connectivity index (χ2n) is 6.65. The van der Waals surface area contributed by atoms with Crippen molar-refractivity contribution in [2.45, 2.75) is 41.4 Å². The molecule has 3 aromatic rings. The number of halogens is 5. The molecular formula is C24H25Cl2F3O2. The van der Waals surface area contributed by atoms with Gasteiger partial charge in [0.2, 0.25) is 0 Å². The predicted molar refractivity (Wildman–Crippen MR) is 121 cm³/mol. The summed E-state index contributed by atoms with van der Waals surface area (Å²) in [7, 11) is 0. The fourth-order valence-corrected chi connectivity index (χ4v) is 2.86. The van der Waals surface area contributed by atoms with Crippen LogP contribution in [0.25, 0.3) is 0 Å². The van der Waals surface area contributed by atoms with E-state index < -0.39 is 6.29 Å². The topological polar surface area (TPSA) is 18.5 Å². The maximum atomic E-state index is 12.7. The molecule has 31 heavy (non-hydrogen) atoms. The minimum absolute atomic E-state index is 0. The highest BCUT2D eigenvalue weighted by Gasteiger charge is 2.43. The molecule has 1 heterocycles. The van der Waals surface area contributed by atoms with Gasteiger partial charge in [-0.25, -0.2) is 4.39 Å². The summed E-state index contributed by atoms with van der Waals surface area (Å²) in [4.78, 5) is 0. The SMILES string of the molecule is C.Cc1cccc(C)c1F.Cc1cccc(Cl)c1Cl.Cc1cccc2c1OC(F)(F)O2. The number of para-hydroxylation sites is 1. The molecule has 0 N–H and O–H groups in total. The van der Waals surface area contributed by atoms with E-state index in [2.05, 4.69) is 9.47 Å². The monoisotopic (exact) mass is 472 g/mol. The van der Waals surface area contributed by atoms with Crippen LogP contribution in [0.1, 0.15) is 29.7 Å². The Bertz CT molecular complexity index is 934. The molecule has 0 saturated carbocycles. The van der Waals surface area contributed by atoms with Crippen molar-refractivity contribution in [2.24, 2.45) is 0 Å². The number of fused-ring (bicyclic) bond motifs is 1. The summed E-state index contributed by atoms with van der Waals surface area (Å²) >= 11 is 11.4. The minimum atomic E-state index is -3.51. The van der Waals surface area contributed by atoms with Crippen LogP contribution in [0.4, 0.5) is 13.2 Å². The number of hydrogen-bond donors (Lipinski definition) is 0. The van der Waals surface area contributed by atoms with Gasteiger partial charge in [0.25, 0.3) is 0 Å². The summed E-state index contributed by atoms with van der Waals surface area (Å²) in [6, 6.07) is 15.7. The zero-order valence-corrected chi connectivity index (χ0v) is 18.4. The van der Waals surface area contributed by atoms with E-state index in [-0.39, 0.29) is 24.7 Å². The van der Waals surface area contributed by atoms with Gasteiger partial charge in [-0.3, -0.25) is 0 Å². The highest BCUT2D eigenvalue weighted by Crippen LogP contribution is 2.42. The smallest absolute Gasteiger partial charge is 0.395 e. The van der Waals surface area contributed by atoms with Crippen LogP contribution in [0.15, 0.2) is 54.6 Å². The van der Waals surface area contributed by atoms with Crippen LogP contribution < -0.4 is 9.47 Å². The number of hydrogen-bond acceptors (Lipinski definition) is 2. The largest absolute Gasteiger partial charge is 0.586 e. The molecule has 0 saturated heterocycles. The van der Waals surface area contributed by atoms with Crippen LogP contribution in [0.5, 0.6) is 11.5 Å². The molecule has 0 atom stereocenters. The van der Waals surface area contributed by atoms with Gasteiger partial charge in [-0.1, -0.05) is 73.1 Å². The maximum Gasteiger partial charge on any atom is 0.586 e. The lowest BCUT2D eigenvalue weighted by Gasteiger charge is -2.04. The first kappa shape index (κ1) is 26.7. The predicted octanol–water partition coefficient (Wildman–Crippen LogP) is 8.70. The van der Waals surface area contributed by atoms with E-state index in [4.69, 9.17) is 23.2 Å². The molecule has 0 unspecified atom stereocenters. The molecule has 2 nitrogen and oxygen atoms in total. The third kappa shape index (κ3) is 7.37. The van der Waals surface area contributed by atoms with E-state index in [1.807, 2.05) is 25.1 Å². The van der Waals surface area contributed by atoms with Crippen LogP contribution in [-0.4, -0.2) is 6.29 Å². The van der Waals surface area contributed by atoms with Gasteiger partial charge in [0, 0.05) is 0 Å². The van der Waals surface area contributed by atoms with Gasteiger partial charge in [-0.2, -0.15) is 0 Å². The van der Waals surface area contributed by atoms with Gasteiger partial charge in [-0.05, 0) is 62.1 Å². The molecule has 0 amide bonds. The molecule has 1 aliphatic rings. The first-order valence-corrected chi connectivity index (χ1v) is 9.75. The molecule has 168 valence electrons. The van der Waals surface area contributed by atoms with Gasteiger partial charge in [-0.15, -0.1) is 8.78 Å². The molecule has 0 aliphatic carbocycles. The molecule has 0 spiro atoms. The van der Waals surface area contributed by atoms with Crippen molar-refractivity contribution in [1.82, 2.24) is 0 Å². The van der Waals surface area contributed by atoms with Gasteiger partial charge >= 0.3 is 6.29 Å². The van der Waals surface area contributed by atoms with Crippen molar-refractivity contribution < 1.29 is 22.6 Å². The van der Waals surface area contributed by atoms with Gasteiger partial charge in [0.05, 0.1) is 10.0 Å². The average molecular weight is 473 g/mol. The zero-order valence-electron chi connectivity index (χ0n) is 16.9. The quantitative estimate of drug-likeness (QED) is 0.325. The molecule has 7 heteroatoms.